The number of ketones is 1. The number of hydrogen-bond acceptors (Lipinski definition) is 3. The number of carbonyl (C=O) groups is 1. The highest BCUT2D eigenvalue weighted by Crippen LogP contribution is 2.23. The van der Waals surface area contributed by atoms with Gasteiger partial charge >= 0.3 is 0 Å². The Hall–Kier alpha value is -1.32. The molecule has 16 heavy (non-hydrogen) atoms. The molecule has 1 fully saturated rings. The predicted octanol–water partition coefficient (Wildman–Crippen LogP) is 1.85. The molecule has 88 valence electrons. The fourth-order valence-corrected chi connectivity index (χ4v) is 2.40. The molecule has 1 aromatic heterocycles. The fourth-order valence-electron chi connectivity index (χ4n) is 2.40. The zero-order valence-corrected chi connectivity index (χ0v) is 10.0. The molecule has 0 spiro atoms. The molecule has 4 nitrogen and oxygen atoms in total. The third kappa shape index (κ3) is 1.96. The van der Waals surface area contributed by atoms with E-state index in [0.29, 0.717) is 0 Å². The van der Waals surface area contributed by atoms with Gasteiger partial charge in [-0.05, 0) is 33.1 Å². The molecule has 0 radical (unpaired) electrons. The second-order valence-corrected chi connectivity index (χ2v) is 4.33. The van der Waals surface area contributed by atoms with Gasteiger partial charge in [0.25, 0.3) is 0 Å². The maximum atomic E-state index is 11.6. The second kappa shape index (κ2) is 4.68. The van der Waals surface area contributed by atoms with Gasteiger partial charge in [0.05, 0.1) is 6.04 Å². The van der Waals surface area contributed by atoms with E-state index in [-0.39, 0.29) is 11.8 Å². The van der Waals surface area contributed by atoms with Crippen molar-refractivity contribution >= 4 is 11.7 Å². The van der Waals surface area contributed by atoms with Gasteiger partial charge in [-0.2, -0.15) is 0 Å². The number of rotatable bonds is 3. The van der Waals surface area contributed by atoms with Crippen molar-refractivity contribution < 1.29 is 4.79 Å². The predicted molar refractivity (Wildman–Crippen MR) is 63.6 cm³/mol. The highest BCUT2D eigenvalue weighted by molar-refractivity contribution is 5.84. The number of hydrogen-bond donors (Lipinski definition) is 0. The first kappa shape index (κ1) is 11.2. The van der Waals surface area contributed by atoms with Crippen LogP contribution in [-0.4, -0.2) is 27.9 Å². The highest BCUT2D eigenvalue weighted by Gasteiger charge is 2.28. The van der Waals surface area contributed by atoms with Crippen molar-refractivity contribution in [2.24, 2.45) is 0 Å². The maximum absolute atomic E-state index is 11.6. The minimum absolute atomic E-state index is 0.0291. The second-order valence-electron chi connectivity index (χ2n) is 4.33. The third-order valence-corrected chi connectivity index (χ3v) is 3.26. The first-order chi connectivity index (χ1) is 7.74. The van der Waals surface area contributed by atoms with Crippen LogP contribution in [0.5, 0.6) is 0 Å². The average molecular weight is 221 g/mol. The van der Waals surface area contributed by atoms with Gasteiger partial charge in [0.15, 0.2) is 5.78 Å². The molecule has 1 atom stereocenters. The molecule has 1 aliphatic rings. The van der Waals surface area contributed by atoms with Crippen LogP contribution < -0.4 is 4.90 Å². The van der Waals surface area contributed by atoms with E-state index >= 15 is 0 Å². The molecule has 0 aromatic carbocycles. The summed E-state index contributed by atoms with van der Waals surface area (Å²) in [6, 6.07) is 0.0291. The smallest absolute Gasteiger partial charge is 0.206 e. The van der Waals surface area contributed by atoms with Gasteiger partial charge < -0.3 is 9.47 Å². The zero-order valence-electron chi connectivity index (χ0n) is 10.0. The third-order valence-electron chi connectivity index (χ3n) is 3.26. The molecule has 2 heterocycles. The summed E-state index contributed by atoms with van der Waals surface area (Å²) < 4.78 is 2.10. The molecule has 1 saturated heterocycles. The number of imidazole rings is 1. The van der Waals surface area contributed by atoms with Crippen LogP contribution >= 0.6 is 0 Å². The van der Waals surface area contributed by atoms with Crippen LogP contribution in [0.2, 0.25) is 0 Å². The Morgan fingerprint density at radius 3 is 3.06 bits per heavy atom. The average Bonchev–Trinajstić information content (AvgIpc) is 2.76. The summed E-state index contributed by atoms with van der Waals surface area (Å²) in [6.07, 6.45) is 7.05. The minimum Gasteiger partial charge on any atom is -0.332 e. The molecular weight excluding hydrogens is 202 g/mol. The molecule has 1 aromatic rings. The molecular formula is C12H19N3O. The van der Waals surface area contributed by atoms with Gasteiger partial charge in [0.1, 0.15) is 0 Å². The number of nitrogens with zero attached hydrogens (tertiary/aromatic N) is 3. The lowest BCUT2D eigenvalue weighted by Crippen LogP contribution is -2.45. The summed E-state index contributed by atoms with van der Waals surface area (Å²) in [4.78, 5) is 18.2. The molecule has 1 aliphatic heterocycles. The summed E-state index contributed by atoms with van der Waals surface area (Å²) in [5, 5.41) is 0. The Morgan fingerprint density at radius 1 is 1.56 bits per heavy atom. The summed E-state index contributed by atoms with van der Waals surface area (Å²) in [7, 11) is 0. The number of aryl methyl sites for hydroxylation is 1. The van der Waals surface area contributed by atoms with Gasteiger partial charge in [0.2, 0.25) is 5.95 Å². The van der Waals surface area contributed by atoms with Crippen molar-refractivity contribution in [2.75, 3.05) is 11.4 Å². The van der Waals surface area contributed by atoms with E-state index in [1.807, 2.05) is 12.4 Å². The number of carbonyl (C=O) groups excluding carboxylic acids is 1. The largest absolute Gasteiger partial charge is 0.332 e. The van der Waals surface area contributed by atoms with E-state index in [2.05, 4.69) is 21.4 Å². The van der Waals surface area contributed by atoms with Crippen molar-refractivity contribution in [3.05, 3.63) is 12.4 Å². The van der Waals surface area contributed by atoms with E-state index < -0.39 is 0 Å². The van der Waals surface area contributed by atoms with Crippen LogP contribution in [0.1, 0.15) is 33.1 Å². The number of aromatic nitrogens is 2. The quantitative estimate of drug-likeness (QED) is 0.781. The summed E-state index contributed by atoms with van der Waals surface area (Å²) in [6.45, 7) is 5.62. The van der Waals surface area contributed by atoms with Gasteiger partial charge in [-0.1, -0.05) is 0 Å². The van der Waals surface area contributed by atoms with Gasteiger partial charge in [-0.25, -0.2) is 4.98 Å². The summed E-state index contributed by atoms with van der Waals surface area (Å²) in [5.41, 5.74) is 0. The molecule has 0 bridgehead atoms. The SMILES string of the molecule is CCn1ccnc1N1CCCCC1C(C)=O. The van der Waals surface area contributed by atoms with Crippen LogP contribution in [0.15, 0.2) is 12.4 Å². The van der Waals surface area contributed by atoms with E-state index in [0.717, 1.165) is 38.3 Å². The molecule has 0 aliphatic carbocycles. The van der Waals surface area contributed by atoms with Crippen molar-refractivity contribution in [1.82, 2.24) is 9.55 Å². The maximum Gasteiger partial charge on any atom is 0.206 e. The lowest BCUT2D eigenvalue weighted by Gasteiger charge is -2.35. The highest BCUT2D eigenvalue weighted by atomic mass is 16.1. The Labute approximate surface area is 96.3 Å². The van der Waals surface area contributed by atoms with Gasteiger partial charge in [0, 0.05) is 25.5 Å². The van der Waals surface area contributed by atoms with Crippen molar-refractivity contribution in [1.29, 1.82) is 0 Å². The first-order valence-electron chi connectivity index (χ1n) is 6.02. The first-order valence-corrected chi connectivity index (χ1v) is 6.02. The van der Waals surface area contributed by atoms with E-state index in [4.69, 9.17) is 0 Å². The Morgan fingerprint density at radius 2 is 2.38 bits per heavy atom. The Bertz CT molecular complexity index is 372. The van der Waals surface area contributed by atoms with Crippen LogP contribution in [0, 0.1) is 0 Å². The van der Waals surface area contributed by atoms with Gasteiger partial charge in [-0.3, -0.25) is 4.79 Å². The monoisotopic (exact) mass is 221 g/mol. The van der Waals surface area contributed by atoms with Crippen LogP contribution in [-0.2, 0) is 11.3 Å². The molecule has 2 rings (SSSR count). The lowest BCUT2D eigenvalue weighted by molar-refractivity contribution is -0.118. The standard InChI is InChI=1S/C12H19N3O/c1-3-14-9-7-13-12(14)15-8-5-4-6-11(15)10(2)16/h7,9,11H,3-6,8H2,1-2H3. The Balaban J connectivity index is 2.26. The normalized spacial score (nSPS) is 21.1. The fraction of sp³-hybridized carbons (Fsp3) is 0.667. The molecule has 0 saturated carbocycles. The topological polar surface area (TPSA) is 38.1 Å². The van der Waals surface area contributed by atoms with E-state index in [1.165, 1.54) is 0 Å². The van der Waals surface area contributed by atoms with Crippen LogP contribution in [0.3, 0.4) is 0 Å². The number of piperidine rings is 1. The van der Waals surface area contributed by atoms with E-state index in [9.17, 15) is 4.79 Å². The lowest BCUT2D eigenvalue weighted by atomic mass is 10.00. The molecule has 0 N–H and O–H groups in total. The van der Waals surface area contributed by atoms with Crippen molar-refractivity contribution in [3.8, 4) is 0 Å². The van der Waals surface area contributed by atoms with Gasteiger partial charge in [-0.15, -0.1) is 0 Å². The van der Waals surface area contributed by atoms with Crippen molar-refractivity contribution in [2.45, 2.75) is 45.7 Å². The summed E-state index contributed by atoms with van der Waals surface area (Å²) in [5.74, 6) is 1.20. The number of Topliss-reactive ketones (excluding diaryl/α,β-unsaturated/α-hetero) is 1. The zero-order chi connectivity index (χ0) is 11.5. The Kier molecular flexibility index (Phi) is 3.27. The molecule has 0 amide bonds. The van der Waals surface area contributed by atoms with Crippen LogP contribution in [0.25, 0.3) is 0 Å². The van der Waals surface area contributed by atoms with E-state index in [1.54, 1.807) is 6.92 Å². The number of anilines is 1. The molecule has 4 heteroatoms. The van der Waals surface area contributed by atoms with Crippen molar-refractivity contribution in [3.63, 3.8) is 0 Å². The summed E-state index contributed by atoms with van der Waals surface area (Å²) >= 11 is 0. The molecule has 1 unspecified atom stereocenters. The minimum atomic E-state index is 0.0291. The van der Waals surface area contributed by atoms with Crippen LogP contribution in [0.4, 0.5) is 5.95 Å².